The molecule has 19 heavy (non-hydrogen) atoms. The van der Waals surface area contributed by atoms with Gasteiger partial charge in [-0.2, -0.15) is 4.98 Å². The Morgan fingerprint density at radius 1 is 1.47 bits per heavy atom. The fourth-order valence-electron chi connectivity index (χ4n) is 2.57. The van der Waals surface area contributed by atoms with Crippen molar-refractivity contribution in [3.8, 4) is 0 Å². The normalized spacial score (nSPS) is 23.3. The summed E-state index contributed by atoms with van der Waals surface area (Å²) in [7, 11) is 3.81. The van der Waals surface area contributed by atoms with E-state index in [0.717, 1.165) is 12.5 Å². The molecule has 0 bridgehead atoms. The molecule has 0 spiro atoms. The van der Waals surface area contributed by atoms with E-state index in [-0.39, 0.29) is 0 Å². The molecule has 1 aromatic heterocycles. The SMILES string of the molecule is CC1=CCC[C@@H](C)[C@H]1CNCc1nc(N(C)C)no1. The van der Waals surface area contributed by atoms with Crippen molar-refractivity contribution in [1.29, 1.82) is 0 Å². The van der Waals surface area contributed by atoms with Crippen molar-refractivity contribution >= 4 is 5.95 Å². The number of rotatable bonds is 5. The maximum Gasteiger partial charge on any atom is 0.265 e. The highest BCUT2D eigenvalue weighted by atomic mass is 16.5. The average Bonchev–Trinajstić information content (AvgIpc) is 2.82. The zero-order chi connectivity index (χ0) is 13.8. The highest BCUT2D eigenvalue weighted by molar-refractivity contribution is 5.23. The van der Waals surface area contributed by atoms with Crippen molar-refractivity contribution in [2.24, 2.45) is 11.8 Å². The summed E-state index contributed by atoms with van der Waals surface area (Å²) in [5.74, 6) is 2.65. The number of hydrogen-bond donors (Lipinski definition) is 1. The van der Waals surface area contributed by atoms with E-state index in [2.05, 4.69) is 35.4 Å². The van der Waals surface area contributed by atoms with Crippen molar-refractivity contribution in [3.63, 3.8) is 0 Å². The second-order valence-corrected chi connectivity index (χ2v) is 5.62. The minimum atomic E-state index is 0.624. The van der Waals surface area contributed by atoms with Crippen LogP contribution in [0.1, 0.15) is 32.6 Å². The van der Waals surface area contributed by atoms with Crippen LogP contribution in [0.2, 0.25) is 0 Å². The van der Waals surface area contributed by atoms with E-state index in [1.54, 1.807) is 0 Å². The molecule has 2 rings (SSSR count). The van der Waals surface area contributed by atoms with Crippen molar-refractivity contribution < 1.29 is 4.52 Å². The van der Waals surface area contributed by atoms with Gasteiger partial charge in [0.25, 0.3) is 5.95 Å². The number of allylic oxidation sites excluding steroid dienone is 1. The number of nitrogens with one attached hydrogen (secondary N) is 1. The summed E-state index contributed by atoms with van der Waals surface area (Å²) >= 11 is 0. The molecule has 1 aromatic rings. The van der Waals surface area contributed by atoms with Crippen LogP contribution in [0.3, 0.4) is 0 Å². The Morgan fingerprint density at radius 2 is 2.26 bits per heavy atom. The summed E-state index contributed by atoms with van der Waals surface area (Å²) in [6, 6.07) is 0. The van der Waals surface area contributed by atoms with E-state index in [1.807, 2.05) is 19.0 Å². The molecule has 1 N–H and O–H groups in total. The van der Waals surface area contributed by atoms with Crippen molar-refractivity contribution in [2.45, 2.75) is 33.2 Å². The van der Waals surface area contributed by atoms with Gasteiger partial charge >= 0.3 is 0 Å². The molecule has 0 aliphatic heterocycles. The van der Waals surface area contributed by atoms with E-state index in [1.165, 1.54) is 18.4 Å². The Labute approximate surface area is 115 Å². The predicted octanol–water partition coefficient (Wildman–Crippen LogP) is 2.22. The minimum absolute atomic E-state index is 0.624. The fourth-order valence-corrected chi connectivity index (χ4v) is 2.57. The quantitative estimate of drug-likeness (QED) is 0.826. The van der Waals surface area contributed by atoms with Crippen LogP contribution in [0.5, 0.6) is 0 Å². The minimum Gasteiger partial charge on any atom is -0.344 e. The number of nitrogens with zero attached hydrogens (tertiary/aromatic N) is 3. The molecule has 0 saturated heterocycles. The first-order valence-electron chi connectivity index (χ1n) is 6.95. The lowest BCUT2D eigenvalue weighted by molar-refractivity contribution is 0.329. The number of hydrogen-bond acceptors (Lipinski definition) is 5. The molecule has 5 heteroatoms. The first-order valence-corrected chi connectivity index (χ1v) is 6.95. The lowest BCUT2D eigenvalue weighted by atomic mass is 9.80. The van der Waals surface area contributed by atoms with Crippen LogP contribution in [-0.4, -0.2) is 30.8 Å². The number of anilines is 1. The summed E-state index contributed by atoms with van der Waals surface area (Å²) < 4.78 is 5.19. The highest BCUT2D eigenvalue weighted by Crippen LogP contribution is 2.29. The lowest BCUT2D eigenvalue weighted by Crippen LogP contribution is -2.29. The van der Waals surface area contributed by atoms with Crippen LogP contribution < -0.4 is 10.2 Å². The fraction of sp³-hybridized carbons (Fsp3) is 0.714. The van der Waals surface area contributed by atoms with Crippen LogP contribution in [0.25, 0.3) is 0 Å². The monoisotopic (exact) mass is 264 g/mol. The Morgan fingerprint density at radius 3 is 2.89 bits per heavy atom. The maximum atomic E-state index is 5.19. The average molecular weight is 264 g/mol. The van der Waals surface area contributed by atoms with Crippen LogP contribution in [0.4, 0.5) is 5.95 Å². The third kappa shape index (κ3) is 3.56. The van der Waals surface area contributed by atoms with E-state index >= 15 is 0 Å². The van der Waals surface area contributed by atoms with Crippen LogP contribution in [0.15, 0.2) is 16.2 Å². The highest BCUT2D eigenvalue weighted by Gasteiger charge is 2.21. The summed E-state index contributed by atoms with van der Waals surface area (Å²) in [5.41, 5.74) is 1.51. The van der Waals surface area contributed by atoms with Gasteiger partial charge in [-0.05, 0) is 36.8 Å². The molecule has 0 radical (unpaired) electrons. The molecule has 0 fully saturated rings. The molecule has 0 aromatic carbocycles. The largest absolute Gasteiger partial charge is 0.344 e. The van der Waals surface area contributed by atoms with Crippen LogP contribution in [0, 0.1) is 11.8 Å². The predicted molar refractivity (Wildman–Crippen MR) is 76.0 cm³/mol. The second-order valence-electron chi connectivity index (χ2n) is 5.62. The first-order chi connectivity index (χ1) is 9.08. The van der Waals surface area contributed by atoms with Gasteiger partial charge in [-0.15, -0.1) is 0 Å². The Bertz CT molecular complexity index is 438. The standard InChI is InChI=1S/C14H24N4O/c1-10-6-5-7-11(2)12(10)8-15-9-13-16-14(17-19-13)18(3)4/h6,11-12,15H,5,7-9H2,1-4H3/t11-,12+/m1/s1. The Hall–Kier alpha value is -1.36. The van der Waals surface area contributed by atoms with Gasteiger partial charge in [-0.25, -0.2) is 0 Å². The van der Waals surface area contributed by atoms with Gasteiger partial charge in [0.1, 0.15) is 0 Å². The Balaban J connectivity index is 1.82. The van der Waals surface area contributed by atoms with Gasteiger partial charge in [-0.3, -0.25) is 0 Å². The molecule has 1 aliphatic rings. The van der Waals surface area contributed by atoms with Crippen LogP contribution in [-0.2, 0) is 6.54 Å². The summed E-state index contributed by atoms with van der Waals surface area (Å²) in [6.07, 6.45) is 4.87. The topological polar surface area (TPSA) is 54.2 Å². The summed E-state index contributed by atoms with van der Waals surface area (Å²) in [4.78, 5) is 6.14. The van der Waals surface area contributed by atoms with Gasteiger partial charge < -0.3 is 14.7 Å². The molecule has 0 unspecified atom stereocenters. The van der Waals surface area contributed by atoms with Crippen molar-refractivity contribution in [3.05, 3.63) is 17.5 Å². The van der Waals surface area contributed by atoms with Gasteiger partial charge in [0, 0.05) is 20.6 Å². The smallest absolute Gasteiger partial charge is 0.265 e. The molecule has 0 saturated carbocycles. The maximum absolute atomic E-state index is 5.19. The molecule has 2 atom stereocenters. The Kier molecular flexibility index (Phi) is 4.58. The van der Waals surface area contributed by atoms with Gasteiger partial charge in [-0.1, -0.05) is 18.6 Å². The zero-order valence-electron chi connectivity index (χ0n) is 12.3. The number of aromatic nitrogens is 2. The second kappa shape index (κ2) is 6.19. The molecule has 5 nitrogen and oxygen atoms in total. The van der Waals surface area contributed by atoms with Gasteiger partial charge in [0.2, 0.25) is 5.89 Å². The third-order valence-electron chi connectivity index (χ3n) is 3.86. The molecular weight excluding hydrogens is 240 g/mol. The van der Waals surface area contributed by atoms with Gasteiger partial charge in [0.15, 0.2) is 0 Å². The molecule has 106 valence electrons. The van der Waals surface area contributed by atoms with E-state index < -0.39 is 0 Å². The lowest BCUT2D eigenvalue weighted by Gasteiger charge is -2.28. The van der Waals surface area contributed by atoms with E-state index in [0.29, 0.717) is 24.3 Å². The van der Waals surface area contributed by atoms with Crippen molar-refractivity contribution in [2.75, 3.05) is 25.5 Å². The molecule has 1 aliphatic carbocycles. The molecule has 1 heterocycles. The molecular formula is C14H24N4O. The first kappa shape index (κ1) is 14.1. The summed E-state index contributed by atoms with van der Waals surface area (Å²) in [6.45, 7) is 6.18. The zero-order valence-corrected chi connectivity index (χ0v) is 12.3. The van der Waals surface area contributed by atoms with E-state index in [4.69, 9.17) is 4.52 Å². The summed E-state index contributed by atoms with van der Waals surface area (Å²) in [5, 5.41) is 7.33. The van der Waals surface area contributed by atoms with E-state index in [9.17, 15) is 0 Å². The van der Waals surface area contributed by atoms with Crippen molar-refractivity contribution in [1.82, 2.24) is 15.5 Å². The molecule has 0 amide bonds. The van der Waals surface area contributed by atoms with Gasteiger partial charge in [0.05, 0.1) is 6.54 Å². The van der Waals surface area contributed by atoms with Crippen LogP contribution >= 0.6 is 0 Å². The third-order valence-corrected chi connectivity index (χ3v) is 3.86.